The van der Waals surface area contributed by atoms with Gasteiger partial charge in [-0.05, 0) is 53.9 Å². The molecule has 0 rings (SSSR count). The molecule has 25 heavy (non-hydrogen) atoms. The van der Waals surface area contributed by atoms with E-state index in [1.165, 1.54) is 13.8 Å². The van der Waals surface area contributed by atoms with Crippen molar-refractivity contribution in [3.05, 3.63) is 0 Å². The largest absolute Gasteiger partial charge is 0.459 e. The second-order valence-corrected chi connectivity index (χ2v) is 7.79. The summed E-state index contributed by atoms with van der Waals surface area (Å²) in [4.78, 5) is 24.6. The number of rotatable bonds is 11. The third kappa shape index (κ3) is 8.68. The molecule has 0 bridgehead atoms. The predicted octanol–water partition coefficient (Wildman–Crippen LogP) is 3.71. The number of hydrogen-bond donors (Lipinski definition) is 0. The van der Waals surface area contributed by atoms with Gasteiger partial charge in [-0.25, -0.2) is 0 Å². The standard InChI is InChI=1S/C19H36O6/c1-10-18(6,7)25-17(21)19(8,9)16(20)24-15(5)23-12-11-22-14(4)13(2)3/h13-15H,10-12H2,1-9H3. The quantitative estimate of drug-likeness (QED) is 0.242. The summed E-state index contributed by atoms with van der Waals surface area (Å²) in [6, 6.07) is 0. The van der Waals surface area contributed by atoms with E-state index < -0.39 is 29.2 Å². The molecule has 0 aromatic rings. The van der Waals surface area contributed by atoms with Crippen LogP contribution in [0.25, 0.3) is 0 Å². The van der Waals surface area contributed by atoms with Crippen molar-refractivity contribution in [3.8, 4) is 0 Å². The molecule has 0 spiro atoms. The summed E-state index contributed by atoms with van der Waals surface area (Å²) in [6.45, 7) is 17.0. The van der Waals surface area contributed by atoms with Crippen LogP contribution >= 0.6 is 0 Å². The predicted molar refractivity (Wildman–Crippen MR) is 96.0 cm³/mol. The molecule has 0 radical (unpaired) electrons. The second kappa shape index (κ2) is 10.1. The summed E-state index contributed by atoms with van der Waals surface area (Å²) >= 11 is 0. The number of carbonyl (C=O) groups excluding carboxylic acids is 2. The Hall–Kier alpha value is -1.14. The van der Waals surface area contributed by atoms with Crippen LogP contribution in [0, 0.1) is 11.3 Å². The van der Waals surface area contributed by atoms with E-state index >= 15 is 0 Å². The van der Waals surface area contributed by atoms with E-state index in [0.717, 1.165) is 0 Å². The molecule has 148 valence electrons. The average molecular weight is 360 g/mol. The van der Waals surface area contributed by atoms with Gasteiger partial charge < -0.3 is 18.9 Å². The molecular weight excluding hydrogens is 324 g/mol. The van der Waals surface area contributed by atoms with Gasteiger partial charge in [-0.1, -0.05) is 20.8 Å². The highest BCUT2D eigenvalue weighted by Crippen LogP contribution is 2.25. The Morgan fingerprint density at radius 2 is 1.40 bits per heavy atom. The first-order chi connectivity index (χ1) is 11.3. The van der Waals surface area contributed by atoms with Gasteiger partial charge in [0, 0.05) is 0 Å². The van der Waals surface area contributed by atoms with Gasteiger partial charge in [-0.3, -0.25) is 9.59 Å². The lowest BCUT2D eigenvalue weighted by molar-refractivity contribution is -0.196. The van der Waals surface area contributed by atoms with Gasteiger partial charge in [-0.15, -0.1) is 0 Å². The summed E-state index contributed by atoms with van der Waals surface area (Å²) in [5.41, 5.74) is -2.02. The number of ether oxygens (including phenoxy) is 4. The van der Waals surface area contributed by atoms with Crippen molar-refractivity contribution in [2.24, 2.45) is 11.3 Å². The van der Waals surface area contributed by atoms with Crippen molar-refractivity contribution in [1.29, 1.82) is 0 Å². The third-order valence-corrected chi connectivity index (χ3v) is 4.27. The smallest absolute Gasteiger partial charge is 0.325 e. The molecule has 0 aromatic heterocycles. The molecule has 0 heterocycles. The SMILES string of the molecule is CCC(C)(C)OC(=O)C(C)(C)C(=O)OC(C)OCCOC(C)C(C)C. The third-order valence-electron chi connectivity index (χ3n) is 4.27. The molecule has 2 unspecified atom stereocenters. The average Bonchev–Trinajstić information content (AvgIpc) is 2.50. The van der Waals surface area contributed by atoms with Crippen molar-refractivity contribution >= 4 is 11.9 Å². The fourth-order valence-electron chi connectivity index (χ4n) is 1.51. The van der Waals surface area contributed by atoms with Crippen LogP contribution < -0.4 is 0 Å². The zero-order valence-corrected chi connectivity index (χ0v) is 17.3. The van der Waals surface area contributed by atoms with E-state index in [2.05, 4.69) is 13.8 Å². The molecule has 6 nitrogen and oxygen atoms in total. The van der Waals surface area contributed by atoms with E-state index in [1.807, 2.05) is 13.8 Å². The lowest BCUT2D eigenvalue weighted by atomic mass is 9.93. The Balaban J connectivity index is 4.38. The Kier molecular flexibility index (Phi) is 9.66. The van der Waals surface area contributed by atoms with Gasteiger partial charge in [0.2, 0.25) is 0 Å². The second-order valence-electron chi connectivity index (χ2n) is 7.79. The summed E-state index contributed by atoms with van der Waals surface area (Å²) in [6.07, 6.45) is 0.0202. The maximum Gasteiger partial charge on any atom is 0.325 e. The van der Waals surface area contributed by atoms with Crippen molar-refractivity contribution in [2.75, 3.05) is 13.2 Å². The van der Waals surface area contributed by atoms with Crippen LogP contribution in [-0.2, 0) is 28.5 Å². The first-order valence-corrected chi connectivity index (χ1v) is 9.01. The minimum Gasteiger partial charge on any atom is -0.459 e. The van der Waals surface area contributed by atoms with E-state index in [-0.39, 0.29) is 6.10 Å². The van der Waals surface area contributed by atoms with E-state index in [1.54, 1.807) is 20.8 Å². The van der Waals surface area contributed by atoms with Crippen LogP contribution in [0.15, 0.2) is 0 Å². The summed E-state index contributed by atoms with van der Waals surface area (Å²) in [5, 5.41) is 0. The van der Waals surface area contributed by atoms with E-state index in [4.69, 9.17) is 18.9 Å². The topological polar surface area (TPSA) is 71.1 Å². The van der Waals surface area contributed by atoms with Crippen LogP contribution in [0.5, 0.6) is 0 Å². The normalized spacial score (nSPS) is 15.0. The fraction of sp³-hybridized carbons (Fsp3) is 0.895. The van der Waals surface area contributed by atoms with Crippen molar-refractivity contribution in [2.45, 2.75) is 86.7 Å². The lowest BCUT2D eigenvalue weighted by Crippen LogP contribution is -2.42. The van der Waals surface area contributed by atoms with E-state index in [0.29, 0.717) is 25.6 Å². The number of esters is 2. The van der Waals surface area contributed by atoms with Crippen LogP contribution in [-0.4, -0.2) is 43.1 Å². The number of hydrogen-bond acceptors (Lipinski definition) is 6. The number of carbonyl (C=O) groups is 2. The first-order valence-electron chi connectivity index (χ1n) is 9.01. The monoisotopic (exact) mass is 360 g/mol. The molecular formula is C19H36O6. The molecule has 0 aliphatic rings. The molecule has 6 heteroatoms. The van der Waals surface area contributed by atoms with Gasteiger partial charge in [0.1, 0.15) is 5.60 Å². The molecule has 0 saturated heterocycles. The molecule has 0 aliphatic heterocycles. The van der Waals surface area contributed by atoms with Crippen LogP contribution in [0.1, 0.15) is 68.7 Å². The highest BCUT2D eigenvalue weighted by atomic mass is 16.7. The highest BCUT2D eigenvalue weighted by molar-refractivity contribution is 5.99. The zero-order valence-electron chi connectivity index (χ0n) is 17.3. The lowest BCUT2D eigenvalue weighted by Gasteiger charge is -2.29. The van der Waals surface area contributed by atoms with Crippen LogP contribution in [0.3, 0.4) is 0 Å². The van der Waals surface area contributed by atoms with Crippen molar-refractivity contribution in [3.63, 3.8) is 0 Å². The molecule has 0 saturated carbocycles. The molecule has 0 aromatic carbocycles. The van der Waals surface area contributed by atoms with Crippen molar-refractivity contribution in [1.82, 2.24) is 0 Å². The van der Waals surface area contributed by atoms with Crippen LogP contribution in [0.2, 0.25) is 0 Å². The fourth-order valence-corrected chi connectivity index (χ4v) is 1.51. The molecule has 0 fully saturated rings. The maximum absolute atomic E-state index is 12.3. The van der Waals surface area contributed by atoms with Gasteiger partial charge in [0.25, 0.3) is 0 Å². The Morgan fingerprint density at radius 1 is 0.880 bits per heavy atom. The first kappa shape index (κ1) is 23.9. The molecule has 2 atom stereocenters. The van der Waals surface area contributed by atoms with Gasteiger partial charge in [-0.2, -0.15) is 0 Å². The van der Waals surface area contributed by atoms with Gasteiger partial charge in [0.15, 0.2) is 11.7 Å². The Morgan fingerprint density at radius 3 is 1.88 bits per heavy atom. The van der Waals surface area contributed by atoms with E-state index in [9.17, 15) is 9.59 Å². The van der Waals surface area contributed by atoms with Gasteiger partial charge in [0.05, 0.1) is 19.3 Å². The minimum absolute atomic E-state index is 0.136. The molecule has 0 aliphatic carbocycles. The van der Waals surface area contributed by atoms with Gasteiger partial charge >= 0.3 is 11.9 Å². The molecule has 0 amide bonds. The zero-order chi connectivity index (χ0) is 19.8. The summed E-state index contributed by atoms with van der Waals surface area (Å²) < 4.78 is 21.6. The highest BCUT2D eigenvalue weighted by Gasteiger charge is 2.42. The Labute approximate surface area is 152 Å². The summed E-state index contributed by atoms with van der Waals surface area (Å²) in [5.74, 6) is -0.853. The summed E-state index contributed by atoms with van der Waals surface area (Å²) in [7, 11) is 0. The Bertz CT molecular complexity index is 428. The van der Waals surface area contributed by atoms with Crippen LogP contribution in [0.4, 0.5) is 0 Å². The maximum atomic E-state index is 12.3. The molecule has 0 N–H and O–H groups in total. The van der Waals surface area contributed by atoms with Crippen molar-refractivity contribution < 1.29 is 28.5 Å². The minimum atomic E-state index is -1.40.